The van der Waals surface area contributed by atoms with Crippen molar-refractivity contribution < 1.29 is 14.7 Å². The van der Waals surface area contributed by atoms with E-state index in [0.717, 1.165) is 44.9 Å². The maximum Gasteiger partial charge on any atom is 0.168 e. The lowest BCUT2D eigenvalue weighted by Gasteiger charge is -2.55. The minimum atomic E-state index is -0.448. The first-order valence-corrected chi connectivity index (χ1v) is 9.78. The van der Waals surface area contributed by atoms with Gasteiger partial charge in [-0.2, -0.15) is 0 Å². The fourth-order valence-corrected chi connectivity index (χ4v) is 7.32. The second kappa shape index (κ2) is 4.82. The van der Waals surface area contributed by atoms with Crippen LogP contribution in [0.15, 0.2) is 34.9 Å². The average Bonchev–Trinajstić information content (AvgIpc) is 3.05. The van der Waals surface area contributed by atoms with Crippen LogP contribution in [0.25, 0.3) is 0 Å². The molecule has 0 aromatic carbocycles. The summed E-state index contributed by atoms with van der Waals surface area (Å²) in [6, 6.07) is 0. The van der Waals surface area contributed by atoms with Crippen molar-refractivity contribution in [1.29, 1.82) is 0 Å². The van der Waals surface area contributed by atoms with Crippen molar-refractivity contribution in [2.24, 2.45) is 22.2 Å². The molecule has 2 fully saturated rings. The highest BCUT2D eigenvalue weighted by atomic mass is 16.3. The van der Waals surface area contributed by atoms with Gasteiger partial charge in [-0.15, -0.1) is 0 Å². The number of fused-ring (bicyclic) bond motifs is 2. The molecule has 2 bridgehead atoms. The van der Waals surface area contributed by atoms with Crippen LogP contribution in [-0.4, -0.2) is 23.3 Å². The monoisotopic (exact) mass is 338 g/mol. The predicted molar refractivity (Wildman–Crippen MR) is 94.7 cm³/mol. The number of ketones is 2. The normalized spacial score (nSPS) is 44.3. The van der Waals surface area contributed by atoms with E-state index in [1.807, 2.05) is 6.08 Å². The molecule has 5 aliphatic carbocycles. The van der Waals surface area contributed by atoms with Crippen molar-refractivity contribution in [2.75, 3.05) is 6.61 Å². The van der Waals surface area contributed by atoms with Gasteiger partial charge in [-0.3, -0.25) is 9.59 Å². The second-order valence-corrected chi connectivity index (χ2v) is 8.99. The third kappa shape index (κ3) is 1.62. The summed E-state index contributed by atoms with van der Waals surface area (Å²) >= 11 is 0. The first-order chi connectivity index (χ1) is 12.0. The number of rotatable bonds is 2. The smallest absolute Gasteiger partial charge is 0.168 e. The fraction of sp³-hybridized carbons (Fsp3) is 0.636. The highest BCUT2D eigenvalue weighted by Gasteiger charge is 2.72. The molecule has 1 unspecified atom stereocenters. The number of hydrogen-bond acceptors (Lipinski definition) is 3. The average molecular weight is 338 g/mol. The van der Waals surface area contributed by atoms with E-state index in [2.05, 4.69) is 19.1 Å². The molecule has 0 saturated heterocycles. The molecule has 5 rings (SSSR count). The van der Waals surface area contributed by atoms with Crippen LogP contribution in [-0.2, 0) is 9.59 Å². The van der Waals surface area contributed by atoms with Crippen molar-refractivity contribution in [3.8, 4) is 0 Å². The lowest BCUT2D eigenvalue weighted by Crippen LogP contribution is -2.51. The standard InChI is InChI=1S/C22H26O3/c1-20-7-6-17-16-4-3-15(24)12-14(16)2-5-18(17)21(20)8-10-22(20,11-9-21)19(25)13-23/h8,10,12,18,23H,2-7,9,11,13H2,1H3/t18-,20+,21?,22-/m1/s1. The Morgan fingerprint density at radius 2 is 2.00 bits per heavy atom. The summed E-state index contributed by atoms with van der Waals surface area (Å²) in [7, 11) is 0. The van der Waals surface area contributed by atoms with Crippen LogP contribution in [0.3, 0.4) is 0 Å². The highest BCUT2D eigenvalue weighted by Crippen LogP contribution is 2.77. The van der Waals surface area contributed by atoms with Gasteiger partial charge < -0.3 is 5.11 Å². The summed E-state index contributed by atoms with van der Waals surface area (Å²) in [6.45, 7) is 1.97. The minimum Gasteiger partial charge on any atom is -0.389 e. The summed E-state index contributed by atoms with van der Waals surface area (Å²) in [5.74, 6) is 0.811. The molecular weight excluding hydrogens is 312 g/mol. The molecule has 0 aromatic heterocycles. The van der Waals surface area contributed by atoms with Gasteiger partial charge >= 0.3 is 0 Å². The molecule has 0 amide bonds. The Bertz CT molecular complexity index is 785. The third-order valence-electron chi connectivity index (χ3n) is 8.62. The van der Waals surface area contributed by atoms with Gasteiger partial charge in [0, 0.05) is 11.8 Å². The molecule has 0 radical (unpaired) electrons. The molecule has 25 heavy (non-hydrogen) atoms. The molecule has 132 valence electrons. The van der Waals surface area contributed by atoms with E-state index in [4.69, 9.17) is 0 Å². The molecule has 0 spiro atoms. The van der Waals surface area contributed by atoms with E-state index in [1.54, 1.807) is 5.57 Å². The van der Waals surface area contributed by atoms with Gasteiger partial charge in [0.25, 0.3) is 0 Å². The van der Waals surface area contributed by atoms with Gasteiger partial charge in [0.15, 0.2) is 11.6 Å². The number of hydrogen-bond donors (Lipinski definition) is 1. The van der Waals surface area contributed by atoms with Crippen LogP contribution >= 0.6 is 0 Å². The Morgan fingerprint density at radius 1 is 1.16 bits per heavy atom. The Morgan fingerprint density at radius 3 is 2.72 bits per heavy atom. The van der Waals surface area contributed by atoms with Crippen LogP contribution in [0.2, 0.25) is 0 Å². The van der Waals surface area contributed by atoms with Crippen molar-refractivity contribution in [3.63, 3.8) is 0 Å². The number of Topliss-reactive ketones (excluding diaryl/α,β-unsaturated/α-hetero) is 1. The van der Waals surface area contributed by atoms with Crippen molar-refractivity contribution >= 4 is 11.6 Å². The summed E-state index contributed by atoms with van der Waals surface area (Å²) < 4.78 is 0. The molecule has 2 saturated carbocycles. The molecule has 4 atom stereocenters. The quantitative estimate of drug-likeness (QED) is 0.782. The second-order valence-electron chi connectivity index (χ2n) is 8.99. The Kier molecular flexibility index (Phi) is 3.04. The zero-order valence-electron chi connectivity index (χ0n) is 14.9. The molecule has 0 aromatic rings. The van der Waals surface area contributed by atoms with E-state index in [1.165, 1.54) is 11.1 Å². The lowest BCUT2D eigenvalue weighted by atomic mass is 9.48. The third-order valence-corrected chi connectivity index (χ3v) is 8.62. The highest BCUT2D eigenvalue weighted by molar-refractivity contribution is 5.93. The molecule has 1 N–H and O–H groups in total. The van der Waals surface area contributed by atoms with Gasteiger partial charge in [-0.25, -0.2) is 0 Å². The zero-order chi connectivity index (χ0) is 17.4. The number of aliphatic hydroxyl groups excluding tert-OH is 1. The van der Waals surface area contributed by atoms with Crippen molar-refractivity contribution in [1.82, 2.24) is 0 Å². The van der Waals surface area contributed by atoms with Crippen LogP contribution in [0.5, 0.6) is 0 Å². The Labute approximate surface area is 148 Å². The summed E-state index contributed by atoms with van der Waals surface area (Å²) in [6.07, 6.45) is 14.1. The first-order valence-electron chi connectivity index (χ1n) is 9.78. The van der Waals surface area contributed by atoms with Crippen LogP contribution in [0, 0.1) is 22.2 Å². The zero-order valence-corrected chi connectivity index (χ0v) is 14.9. The van der Waals surface area contributed by atoms with Gasteiger partial charge in [-0.05, 0) is 73.5 Å². The molecular formula is C22H26O3. The maximum absolute atomic E-state index is 12.7. The van der Waals surface area contributed by atoms with Crippen LogP contribution in [0.4, 0.5) is 0 Å². The summed E-state index contributed by atoms with van der Waals surface area (Å²) in [5.41, 5.74) is 3.92. The summed E-state index contributed by atoms with van der Waals surface area (Å²) in [5, 5.41) is 9.59. The molecule has 5 aliphatic rings. The molecule has 3 nitrogen and oxygen atoms in total. The van der Waals surface area contributed by atoms with E-state index in [0.29, 0.717) is 12.3 Å². The topological polar surface area (TPSA) is 54.4 Å². The molecule has 0 heterocycles. The number of carbonyl (C=O) groups excluding carboxylic acids is 2. The SMILES string of the molecule is C[C@]12CCC3=C4CCC(=O)C=C4CC[C@H]3C13C=C[C@]2(C(=O)CO)CC3. The molecule has 3 heteroatoms. The van der Waals surface area contributed by atoms with Crippen molar-refractivity contribution in [3.05, 3.63) is 34.9 Å². The number of aliphatic hydroxyl groups is 1. The fourth-order valence-electron chi connectivity index (χ4n) is 7.32. The first kappa shape index (κ1) is 15.7. The van der Waals surface area contributed by atoms with Crippen molar-refractivity contribution in [2.45, 2.75) is 58.3 Å². The van der Waals surface area contributed by atoms with Gasteiger partial charge in [-0.1, -0.05) is 24.6 Å². The predicted octanol–water partition coefficient (Wildman–Crippen LogP) is 3.68. The van der Waals surface area contributed by atoms with Gasteiger partial charge in [0.2, 0.25) is 0 Å². The Balaban J connectivity index is 1.63. The number of allylic oxidation sites excluding steroid dienone is 6. The van der Waals surface area contributed by atoms with Crippen LogP contribution < -0.4 is 0 Å². The van der Waals surface area contributed by atoms with Crippen LogP contribution in [0.1, 0.15) is 58.3 Å². The maximum atomic E-state index is 12.7. The largest absolute Gasteiger partial charge is 0.389 e. The minimum absolute atomic E-state index is 0.0152. The van der Waals surface area contributed by atoms with Gasteiger partial charge in [0.05, 0.1) is 5.41 Å². The number of carbonyl (C=O) groups is 2. The molecule has 0 aliphatic heterocycles. The Hall–Kier alpha value is -1.48. The van der Waals surface area contributed by atoms with E-state index >= 15 is 0 Å². The van der Waals surface area contributed by atoms with E-state index < -0.39 is 5.41 Å². The van der Waals surface area contributed by atoms with E-state index in [-0.39, 0.29) is 29.0 Å². The summed E-state index contributed by atoms with van der Waals surface area (Å²) in [4.78, 5) is 24.5. The van der Waals surface area contributed by atoms with Gasteiger partial charge in [0.1, 0.15) is 6.61 Å². The van der Waals surface area contributed by atoms with E-state index in [9.17, 15) is 14.7 Å². The lowest BCUT2D eigenvalue weighted by molar-refractivity contribution is -0.136.